The Labute approximate surface area is 110 Å². The Hall–Kier alpha value is -1.12. The maximum atomic E-state index is 12.4. The van der Waals surface area contributed by atoms with Gasteiger partial charge < -0.3 is 0 Å². The largest absolute Gasteiger partial charge is 0.299 e. The van der Waals surface area contributed by atoms with Crippen LogP contribution in [0.1, 0.15) is 64.6 Å². The fourth-order valence-corrected chi connectivity index (χ4v) is 2.75. The molecule has 0 radical (unpaired) electrons. The summed E-state index contributed by atoms with van der Waals surface area (Å²) in [5.41, 5.74) is 0.820. The molecule has 18 heavy (non-hydrogen) atoms. The van der Waals surface area contributed by atoms with Crippen LogP contribution in [0.3, 0.4) is 0 Å². The molecule has 0 N–H and O–H groups in total. The molecule has 1 aromatic heterocycles. The van der Waals surface area contributed by atoms with Crippen LogP contribution in [-0.4, -0.2) is 15.6 Å². The average Bonchev–Trinajstić information content (AvgIpc) is 2.78. The summed E-state index contributed by atoms with van der Waals surface area (Å²) in [6, 6.07) is 2.34. The first kappa shape index (κ1) is 13.3. The molecule has 1 heterocycles. The molecule has 0 atom stereocenters. The first-order valence-corrected chi connectivity index (χ1v) is 7.09. The zero-order valence-electron chi connectivity index (χ0n) is 11.8. The van der Waals surface area contributed by atoms with Crippen LogP contribution in [0.2, 0.25) is 0 Å². The molecule has 3 nitrogen and oxygen atoms in total. The Kier molecular flexibility index (Phi) is 3.88. The van der Waals surface area contributed by atoms with Gasteiger partial charge in [0.25, 0.3) is 0 Å². The van der Waals surface area contributed by atoms with Gasteiger partial charge in [0.1, 0.15) is 5.78 Å². The predicted octanol–water partition coefficient (Wildman–Crippen LogP) is 3.55. The molecule has 0 amide bonds. The lowest BCUT2D eigenvalue weighted by Gasteiger charge is -2.31. The zero-order chi connectivity index (χ0) is 13.2. The molecule has 1 saturated carbocycles. The lowest BCUT2D eigenvalue weighted by molar-refractivity contribution is -0.128. The molecule has 2 rings (SSSR count). The second-order valence-corrected chi connectivity index (χ2v) is 6.10. The number of hydrogen-bond acceptors (Lipinski definition) is 2. The minimum Gasteiger partial charge on any atom is -0.299 e. The van der Waals surface area contributed by atoms with E-state index in [9.17, 15) is 4.79 Å². The first-order valence-electron chi connectivity index (χ1n) is 7.09. The molecule has 1 fully saturated rings. The Bertz CT molecular complexity index is 414. The van der Waals surface area contributed by atoms with Gasteiger partial charge in [-0.2, -0.15) is 5.10 Å². The molecule has 0 bridgehead atoms. The molecule has 0 saturated heterocycles. The number of rotatable bonds is 4. The minimum atomic E-state index is -0.0974. The zero-order valence-corrected chi connectivity index (χ0v) is 11.8. The second-order valence-electron chi connectivity index (χ2n) is 6.10. The molecule has 1 aliphatic rings. The smallest absolute Gasteiger partial charge is 0.144 e. The van der Waals surface area contributed by atoms with Gasteiger partial charge in [0.15, 0.2) is 0 Å². The van der Waals surface area contributed by atoms with Gasteiger partial charge in [-0.3, -0.25) is 9.48 Å². The van der Waals surface area contributed by atoms with E-state index in [0.29, 0.717) is 18.2 Å². The number of carbonyl (C=O) groups excluding carboxylic acids is 1. The van der Waals surface area contributed by atoms with Gasteiger partial charge in [0.05, 0.1) is 12.1 Å². The molecule has 0 spiro atoms. The number of carbonyl (C=O) groups is 1. The van der Waals surface area contributed by atoms with Crippen LogP contribution in [0, 0.1) is 5.41 Å². The van der Waals surface area contributed by atoms with E-state index >= 15 is 0 Å². The van der Waals surface area contributed by atoms with E-state index in [0.717, 1.165) is 18.5 Å². The van der Waals surface area contributed by atoms with Crippen molar-refractivity contribution in [1.29, 1.82) is 0 Å². The highest BCUT2D eigenvalue weighted by molar-refractivity contribution is 5.86. The third-order valence-electron chi connectivity index (χ3n) is 4.16. The number of nitrogens with zero attached hydrogens (tertiary/aromatic N) is 2. The lowest BCUT2D eigenvalue weighted by atomic mass is 9.72. The average molecular weight is 248 g/mol. The highest BCUT2D eigenvalue weighted by Gasteiger charge is 2.34. The Morgan fingerprint density at radius 2 is 2.06 bits per heavy atom. The first-order chi connectivity index (χ1) is 8.51. The highest BCUT2D eigenvalue weighted by atomic mass is 16.1. The van der Waals surface area contributed by atoms with Gasteiger partial charge in [-0.05, 0) is 32.8 Å². The van der Waals surface area contributed by atoms with E-state index in [-0.39, 0.29) is 5.41 Å². The monoisotopic (exact) mass is 248 g/mol. The molecule has 0 aliphatic heterocycles. The highest BCUT2D eigenvalue weighted by Crippen LogP contribution is 2.37. The van der Waals surface area contributed by atoms with Crippen molar-refractivity contribution in [2.24, 2.45) is 5.41 Å². The van der Waals surface area contributed by atoms with Crippen molar-refractivity contribution in [3.63, 3.8) is 0 Å². The quantitative estimate of drug-likeness (QED) is 0.816. The Morgan fingerprint density at radius 3 is 2.61 bits per heavy atom. The molecule has 1 aliphatic carbocycles. The fourth-order valence-electron chi connectivity index (χ4n) is 2.75. The summed E-state index contributed by atoms with van der Waals surface area (Å²) in [6.45, 7) is 6.33. The minimum absolute atomic E-state index is 0.0974. The molecular weight excluding hydrogens is 224 g/mol. The van der Waals surface area contributed by atoms with Crippen molar-refractivity contribution in [2.75, 3.05) is 0 Å². The van der Waals surface area contributed by atoms with Crippen LogP contribution in [0.5, 0.6) is 0 Å². The van der Waals surface area contributed by atoms with Crippen molar-refractivity contribution < 1.29 is 4.79 Å². The van der Waals surface area contributed by atoms with Crippen molar-refractivity contribution >= 4 is 5.78 Å². The van der Waals surface area contributed by atoms with Gasteiger partial charge >= 0.3 is 0 Å². The topological polar surface area (TPSA) is 34.9 Å². The van der Waals surface area contributed by atoms with Gasteiger partial charge in [-0.25, -0.2) is 0 Å². The summed E-state index contributed by atoms with van der Waals surface area (Å²) in [4.78, 5) is 12.4. The third kappa shape index (κ3) is 2.82. The molecular formula is C15H24N2O. The van der Waals surface area contributed by atoms with Crippen LogP contribution in [-0.2, 0) is 11.2 Å². The summed E-state index contributed by atoms with van der Waals surface area (Å²) in [5.74, 6) is 0.371. The van der Waals surface area contributed by atoms with E-state index in [4.69, 9.17) is 0 Å². The molecule has 3 heteroatoms. The number of ketones is 1. The third-order valence-corrected chi connectivity index (χ3v) is 4.16. The number of Topliss-reactive ketones (excluding diaryl/α,β-unsaturated/α-hetero) is 1. The van der Waals surface area contributed by atoms with E-state index in [1.54, 1.807) is 0 Å². The van der Waals surface area contributed by atoms with Crippen LogP contribution < -0.4 is 0 Å². The van der Waals surface area contributed by atoms with Crippen molar-refractivity contribution in [1.82, 2.24) is 9.78 Å². The fraction of sp³-hybridized carbons (Fsp3) is 0.733. The van der Waals surface area contributed by atoms with E-state index in [1.165, 1.54) is 19.3 Å². The van der Waals surface area contributed by atoms with Gasteiger partial charge in [-0.1, -0.05) is 26.2 Å². The SMILES string of the molecule is CC(C)n1ccc(CC(=O)C2(C)CCCCC2)n1. The number of hydrogen-bond donors (Lipinski definition) is 0. The van der Waals surface area contributed by atoms with Gasteiger partial charge in [0, 0.05) is 17.7 Å². The standard InChI is InChI=1S/C15H24N2O/c1-12(2)17-10-7-13(16-17)11-14(18)15(3)8-5-4-6-9-15/h7,10,12H,4-6,8-9,11H2,1-3H3. The Morgan fingerprint density at radius 1 is 1.39 bits per heavy atom. The predicted molar refractivity (Wildman–Crippen MR) is 72.5 cm³/mol. The molecule has 0 aromatic carbocycles. The van der Waals surface area contributed by atoms with E-state index < -0.39 is 0 Å². The van der Waals surface area contributed by atoms with Gasteiger partial charge in [0.2, 0.25) is 0 Å². The van der Waals surface area contributed by atoms with Crippen LogP contribution >= 0.6 is 0 Å². The summed E-state index contributed by atoms with van der Waals surface area (Å²) >= 11 is 0. The van der Waals surface area contributed by atoms with Gasteiger partial charge in [-0.15, -0.1) is 0 Å². The van der Waals surface area contributed by atoms with Crippen LogP contribution in [0.15, 0.2) is 12.3 Å². The second kappa shape index (κ2) is 5.25. The molecule has 100 valence electrons. The van der Waals surface area contributed by atoms with Crippen LogP contribution in [0.25, 0.3) is 0 Å². The maximum Gasteiger partial charge on any atom is 0.144 e. The maximum absolute atomic E-state index is 12.4. The summed E-state index contributed by atoms with van der Waals surface area (Å²) in [6.07, 6.45) is 8.25. The lowest BCUT2D eigenvalue weighted by Crippen LogP contribution is -2.31. The van der Waals surface area contributed by atoms with E-state index in [1.807, 2.05) is 16.9 Å². The summed E-state index contributed by atoms with van der Waals surface area (Å²) in [7, 11) is 0. The van der Waals surface area contributed by atoms with Crippen molar-refractivity contribution in [3.05, 3.63) is 18.0 Å². The Balaban J connectivity index is 2.01. The van der Waals surface area contributed by atoms with E-state index in [2.05, 4.69) is 25.9 Å². The normalized spacial score (nSPS) is 19.1. The summed E-state index contributed by atoms with van der Waals surface area (Å²) in [5, 5.41) is 4.47. The number of aromatic nitrogens is 2. The van der Waals surface area contributed by atoms with Crippen molar-refractivity contribution in [3.8, 4) is 0 Å². The molecule has 1 aromatic rings. The molecule has 0 unspecified atom stereocenters. The summed E-state index contributed by atoms with van der Waals surface area (Å²) < 4.78 is 1.92. The van der Waals surface area contributed by atoms with Crippen LogP contribution in [0.4, 0.5) is 0 Å². The van der Waals surface area contributed by atoms with Crippen molar-refractivity contribution in [2.45, 2.75) is 65.3 Å².